The van der Waals surface area contributed by atoms with Crippen LogP contribution in [0.2, 0.25) is 0 Å². The van der Waals surface area contributed by atoms with Crippen LogP contribution in [-0.4, -0.2) is 44.7 Å². The number of carbonyl (C=O) groups is 2. The Morgan fingerprint density at radius 2 is 1.88 bits per heavy atom. The molecule has 0 aromatic heterocycles. The Kier molecular flexibility index (Phi) is 7.76. The molecule has 1 amide bonds. The molecule has 0 saturated carbocycles. The predicted molar refractivity (Wildman–Crippen MR) is 60.1 cm³/mol. The molecule has 1 unspecified atom stereocenters. The minimum atomic E-state index is -0.432. The van der Waals surface area contributed by atoms with Gasteiger partial charge in [0.05, 0.1) is 19.3 Å². The molecule has 0 rings (SSSR count). The van der Waals surface area contributed by atoms with Gasteiger partial charge in [0, 0.05) is 7.11 Å². The Labute approximate surface area is 96.5 Å². The smallest absolute Gasteiger partial charge is 0.246 e. The van der Waals surface area contributed by atoms with Crippen LogP contribution in [0.3, 0.4) is 0 Å². The summed E-state index contributed by atoms with van der Waals surface area (Å²) >= 11 is 0. The molecule has 0 aliphatic carbocycles. The molecule has 0 aliphatic heterocycles. The van der Waals surface area contributed by atoms with Crippen molar-refractivity contribution in [3.8, 4) is 0 Å². The normalized spacial score (nSPS) is 12.6. The van der Waals surface area contributed by atoms with Gasteiger partial charge >= 0.3 is 0 Å². The molecule has 0 heterocycles. The van der Waals surface area contributed by atoms with Crippen molar-refractivity contribution in [1.29, 1.82) is 0 Å². The maximum atomic E-state index is 11.4. The van der Waals surface area contributed by atoms with Crippen LogP contribution >= 0.6 is 0 Å². The van der Waals surface area contributed by atoms with E-state index in [0.717, 1.165) is 0 Å². The van der Waals surface area contributed by atoms with E-state index >= 15 is 0 Å². The first kappa shape index (κ1) is 15.1. The maximum absolute atomic E-state index is 11.4. The van der Waals surface area contributed by atoms with E-state index in [1.807, 2.05) is 13.8 Å². The average Bonchev–Trinajstić information content (AvgIpc) is 2.20. The lowest BCUT2D eigenvalue weighted by molar-refractivity contribution is -0.131. The topological polar surface area (TPSA) is 64.6 Å². The number of carbonyl (C=O) groups excluding carboxylic acids is 2. The fourth-order valence-corrected chi connectivity index (χ4v) is 1.26. The summed E-state index contributed by atoms with van der Waals surface area (Å²) in [5, 5.41) is 2.64. The Hall–Kier alpha value is -0.940. The van der Waals surface area contributed by atoms with E-state index in [1.54, 1.807) is 7.11 Å². The van der Waals surface area contributed by atoms with Crippen LogP contribution in [0.25, 0.3) is 0 Å². The van der Waals surface area contributed by atoms with E-state index in [1.165, 1.54) is 6.92 Å². The van der Waals surface area contributed by atoms with E-state index in [0.29, 0.717) is 13.2 Å². The summed E-state index contributed by atoms with van der Waals surface area (Å²) in [5.41, 5.74) is 0. The van der Waals surface area contributed by atoms with E-state index in [9.17, 15) is 9.59 Å². The number of ether oxygens (including phenoxy) is 2. The molecule has 0 saturated heterocycles. The fraction of sp³-hybridized carbons (Fsp3) is 0.818. The van der Waals surface area contributed by atoms with Gasteiger partial charge in [0.1, 0.15) is 6.61 Å². The number of ketones is 1. The highest BCUT2D eigenvalue weighted by atomic mass is 16.5. The standard InChI is InChI=1S/C11H21NO4/c1-8(2)11(9(3)13)12-10(14)7-16-6-5-15-4/h8,11H,5-7H2,1-4H3,(H,12,14). The Morgan fingerprint density at radius 3 is 2.31 bits per heavy atom. The van der Waals surface area contributed by atoms with Crippen LogP contribution in [0.15, 0.2) is 0 Å². The van der Waals surface area contributed by atoms with Gasteiger partial charge in [-0.25, -0.2) is 0 Å². The third-order valence-electron chi connectivity index (χ3n) is 2.09. The molecular formula is C11H21NO4. The molecule has 0 bridgehead atoms. The van der Waals surface area contributed by atoms with Gasteiger partial charge in [-0.3, -0.25) is 9.59 Å². The second-order valence-electron chi connectivity index (χ2n) is 3.95. The minimum absolute atomic E-state index is 0.0414. The molecule has 1 N–H and O–H groups in total. The molecule has 16 heavy (non-hydrogen) atoms. The number of methoxy groups -OCH3 is 1. The van der Waals surface area contributed by atoms with Crippen molar-refractivity contribution in [2.24, 2.45) is 5.92 Å². The average molecular weight is 231 g/mol. The number of hydrogen-bond acceptors (Lipinski definition) is 4. The van der Waals surface area contributed by atoms with Crippen molar-refractivity contribution in [2.75, 3.05) is 26.9 Å². The summed E-state index contributed by atoms with van der Waals surface area (Å²) in [5.74, 6) is -0.231. The number of hydrogen-bond donors (Lipinski definition) is 1. The van der Waals surface area contributed by atoms with E-state index in [-0.39, 0.29) is 24.2 Å². The Balaban J connectivity index is 3.87. The van der Waals surface area contributed by atoms with E-state index < -0.39 is 6.04 Å². The van der Waals surface area contributed by atoms with Crippen LogP contribution in [0.1, 0.15) is 20.8 Å². The number of Topliss-reactive ketones (excluding diaryl/α,β-unsaturated/α-hetero) is 1. The van der Waals surface area contributed by atoms with Crippen LogP contribution in [0.4, 0.5) is 0 Å². The lowest BCUT2D eigenvalue weighted by atomic mass is 10.0. The highest BCUT2D eigenvalue weighted by Crippen LogP contribution is 2.02. The second kappa shape index (κ2) is 8.24. The van der Waals surface area contributed by atoms with Gasteiger partial charge in [0.2, 0.25) is 5.91 Å². The summed E-state index contributed by atoms with van der Waals surface area (Å²) in [4.78, 5) is 22.6. The van der Waals surface area contributed by atoms with E-state index in [2.05, 4.69) is 5.32 Å². The SMILES string of the molecule is COCCOCC(=O)NC(C(C)=O)C(C)C. The lowest BCUT2D eigenvalue weighted by Gasteiger charge is -2.19. The van der Waals surface area contributed by atoms with Gasteiger partial charge in [-0.15, -0.1) is 0 Å². The lowest BCUT2D eigenvalue weighted by Crippen LogP contribution is -2.44. The quantitative estimate of drug-likeness (QED) is 0.613. The number of amides is 1. The van der Waals surface area contributed by atoms with Crippen LogP contribution in [0.5, 0.6) is 0 Å². The molecule has 5 nitrogen and oxygen atoms in total. The van der Waals surface area contributed by atoms with E-state index in [4.69, 9.17) is 9.47 Å². The van der Waals surface area contributed by atoms with Crippen LogP contribution in [0, 0.1) is 5.92 Å². The Morgan fingerprint density at radius 1 is 1.25 bits per heavy atom. The summed E-state index contributed by atoms with van der Waals surface area (Å²) < 4.78 is 9.82. The number of nitrogens with one attached hydrogen (secondary N) is 1. The van der Waals surface area contributed by atoms with Crippen LogP contribution < -0.4 is 5.32 Å². The molecule has 1 atom stereocenters. The summed E-state index contributed by atoms with van der Waals surface area (Å²) in [6.07, 6.45) is 0. The molecule has 0 fully saturated rings. The highest BCUT2D eigenvalue weighted by molar-refractivity contribution is 5.88. The van der Waals surface area contributed by atoms with Crippen molar-refractivity contribution in [3.63, 3.8) is 0 Å². The zero-order chi connectivity index (χ0) is 12.6. The molecule has 0 aromatic rings. The minimum Gasteiger partial charge on any atom is -0.382 e. The second-order valence-corrected chi connectivity index (χ2v) is 3.95. The monoisotopic (exact) mass is 231 g/mol. The molecule has 5 heteroatoms. The van der Waals surface area contributed by atoms with Gasteiger partial charge in [-0.1, -0.05) is 13.8 Å². The zero-order valence-corrected chi connectivity index (χ0v) is 10.4. The van der Waals surface area contributed by atoms with Crippen molar-refractivity contribution in [2.45, 2.75) is 26.8 Å². The third-order valence-corrected chi connectivity index (χ3v) is 2.09. The van der Waals surface area contributed by atoms with Gasteiger partial charge in [0.25, 0.3) is 0 Å². The maximum Gasteiger partial charge on any atom is 0.246 e. The van der Waals surface area contributed by atoms with Gasteiger partial charge in [-0.05, 0) is 12.8 Å². The first-order valence-corrected chi connectivity index (χ1v) is 5.35. The van der Waals surface area contributed by atoms with Crippen molar-refractivity contribution in [3.05, 3.63) is 0 Å². The summed E-state index contributed by atoms with van der Waals surface area (Å²) in [6, 6.07) is -0.432. The molecule has 94 valence electrons. The predicted octanol–water partition coefficient (Wildman–Crippen LogP) is 0.379. The van der Waals surface area contributed by atoms with Crippen LogP contribution in [-0.2, 0) is 19.1 Å². The zero-order valence-electron chi connectivity index (χ0n) is 10.4. The van der Waals surface area contributed by atoms with Gasteiger partial charge in [0.15, 0.2) is 5.78 Å². The molecule has 0 radical (unpaired) electrons. The Bertz CT molecular complexity index is 228. The third kappa shape index (κ3) is 6.53. The van der Waals surface area contributed by atoms with Gasteiger partial charge < -0.3 is 14.8 Å². The molecule has 0 aromatic carbocycles. The fourth-order valence-electron chi connectivity index (χ4n) is 1.26. The molecule has 0 aliphatic rings. The summed E-state index contributed by atoms with van der Waals surface area (Å²) in [7, 11) is 1.56. The van der Waals surface area contributed by atoms with Crippen molar-refractivity contribution in [1.82, 2.24) is 5.32 Å². The highest BCUT2D eigenvalue weighted by Gasteiger charge is 2.20. The van der Waals surface area contributed by atoms with Crippen molar-refractivity contribution < 1.29 is 19.1 Å². The largest absolute Gasteiger partial charge is 0.382 e. The molecule has 0 spiro atoms. The summed E-state index contributed by atoms with van der Waals surface area (Å²) in [6.45, 7) is 6.02. The van der Waals surface area contributed by atoms with Gasteiger partial charge in [-0.2, -0.15) is 0 Å². The first-order valence-electron chi connectivity index (χ1n) is 5.35. The van der Waals surface area contributed by atoms with Crippen molar-refractivity contribution >= 4 is 11.7 Å². The number of rotatable bonds is 8. The molecular weight excluding hydrogens is 210 g/mol. The first-order chi connectivity index (χ1) is 7.49.